The zero-order valence-corrected chi connectivity index (χ0v) is 19.9. The van der Waals surface area contributed by atoms with Crippen LogP contribution in [-0.4, -0.2) is 33.3 Å². The van der Waals surface area contributed by atoms with Crippen LogP contribution in [0.2, 0.25) is 10.0 Å². The summed E-state index contributed by atoms with van der Waals surface area (Å²) in [6.07, 6.45) is 9.79. The fraction of sp³-hybridized carbons (Fsp3) is 0.280. The molecule has 1 spiro atoms. The predicted molar refractivity (Wildman–Crippen MR) is 130 cm³/mol. The van der Waals surface area contributed by atoms with E-state index in [0.717, 1.165) is 5.56 Å². The zero-order valence-electron chi connectivity index (χ0n) is 18.4. The van der Waals surface area contributed by atoms with Crippen molar-refractivity contribution in [3.63, 3.8) is 0 Å². The maximum absolute atomic E-state index is 12.6. The van der Waals surface area contributed by atoms with Gasteiger partial charge in [0.1, 0.15) is 5.54 Å². The molecule has 1 atom stereocenters. The summed E-state index contributed by atoms with van der Waals surface area (Å²) in [5.74, 6) is -1.43. The van der Waals surface area contributed by atoms with Crippen molar-refractivity contribution in [3.05, 3.63) is 81.8 Å². The van der Waals surface area contributed by atoms with Crippen molar-refractivity contribution >= 4 is 46.5 Å². The van der Waals surface area contributed by atoms with E-state index in [0.29, 0.717) is 30.6 Å². The number of ketones is 1. The Kier molecular flexibility index (Phi) is 6.51. The number of benzene rings is 1. The van der Waals surface area contributed by atoms with Gasteiger partial charge in [0.05, 0.1) is 21.0 Å². The van der Waals surface area contributed by atoms with Crippen LogP contribution in [0.5, 0.6) is 0 Å². The molecule has 2 aliphatic carbocycles. The Bertz CT molecular complexity index is 1190. The Labute approximate surface area is 206 Å². The number of aliphatic carboxylic acids is 1. The van der Waals surface area contributed by atoms with Crippen molar-refractivity contribution in [3.8, 4) is 0 Å². The van der Waals surface area contributed by atoms with Crippen LogP contribution >= 0.6 is 23.2 Å². The molecule has 1 aromatic carbocycles. The molecule has 176 valence electrons. The summed E-state index contributed by atoms with van der Waals surface area (Å²) in [7, 11) is 0. The molecule has 1 heterocycles. The second-order valence-corrected chi connectivity index (χ2v) is 9.37. The number of halogens is 2. The summed E-state index contributed by atoms with van der Waals surface area (Å²) in [5, 5.41) is 16.3. The quantitative estimate of drug-likeness (QED) is 0.449. The van der Waals surface area contributed by atoms with Gasteiger partial charge in [-0.05, 0) is 37.0 Å². The first-order valence-corrected chi connectivity index (χ1v) is 11.6. The predicted octanol–water partition coefficient (Wildman–Crippen LogP) is 4.81. The van der Waals surface area contributed by atoms with Crippen LogP contribution in [0.3, 0.4) is 0 Å². The highest BCUT2D eigenvalue weighted by atomic mass is 35.5. The Morgan fingerprint density at radius 3 is 2.26 bits per heavy atom. The van der Waals surface area contributed by atoms with Gasteiger partial charge in [-0.3, -0.25) is 14.6 Å². The molecule has 7 nitrogen and oxygen atoms in total. The van der Waals surface area contributed by atoms with E-state index in [1.165, 1.54) is 18.5 Å². The van der Waals surface area contributed by atoms with E-state index < -0.39 is 22.8 Å². The molecule has 0 saturated carbocycles. The van der Waals surface area contributed by atoms with Gasteiger partial charge in [0, 0.05) is 36.3 Å². The van der Waals surface area contributed by atoms with E-state index >= 15 is 0 Å². The number of anilines is 1. The van der Waals surface area contributed by atoms with E-state index in [2.05, 4.69) is 15.6 Å². The topological polar surface area (TPSA) is 108 Å². The zero-order chi connectivity index (χ0) is 24.5. The van der Waals surface area contributed by atoms with Crippen molar-refractivity contribution < 1.29 is 19.5 Å². The summed E-state index contributed by atoms with van der Waals surface area (Å²) in [6.45, 7) is 1.80. The number of carbonyl (C=O) groups excluding carboxylic acids is 2. The number of amides is 1. The fourth-order valence-electron chi connectivity index (χ4n) is 4.36. The van der Waals surface area contributed by atoms with Crippen molar-refractivity contribution in [2.75, 3.05) is 5.32 Å². The molecule has 1 amide bonds. The third-order valence-electron chi connectivity index (χ3n) is 6.55. The lowest BCUT2D eigenvalue weighted by Crippen LogP contribution is -2.58. The molecular weight excluding hydrogens is 477 g/mol. The minimum atomic E-state index is -1.27. The Hall–Kier alpha value is -3.16. The van der Waals surface area contributed by atoms with E-state index in [1.807, 2.05) is 12.2 Å². The minimum absolute atomic E-state index is 0.0323. The second kappa shape index (κ2) is 9.24. The number of allylic oxidation sites excluding steroid dienone is 4. The lowest BCUT2D eigenvalue weighted by molar-refractivity contribution is -0.145. The number of aromatic nitrogens is 1. The van der Waals surface area contributed by atoms with Crippen LogP contribution in [0, 0.1) is 5.41 Å². The Morgan fingerprint density at radius 1 is 1.12 bits per heavy atom. The van der Waals surface area contributed by atoms with E-state index in [1.54, 1.807) is 31.2 Å². The highest BCUT2D eigenvalue weighted by Crippen LogP contribution is 2.47. The van der Waals surface area contributed by atoms with Gasteiger partial charge >= 0.3 is 5.97 Å². The molecule has 0 unspecified atom stereocenters. The van der Waals surface area contributed by atoms with Crippen molar-refractivity contribution in [1.29, 1.82) is 0 Å². The molecule has 34 heavy (non-hydrogen) atoms. The molecule has 0 fully saturated rings. The van der Waals surface area contributed by atoms with Crippen LogP contribution in [0.4, 0.5) is 5.69 Å². The summed E-state index contributed by atoms with van der Waals surface area (Å²) in [6, 6.07) is 6.89. The number of carbonyl (C=O) groups is 3. The lowest BCUT2D eigenvalue weighted by Gasteiger charge is -2.43. The van der Waals surface area contributed by atoms with Crippen LogP contribution < -0.4 is 10.6 Å². The van der Waals surface area contributed by atoms with Crippen LogP contribution in [-0.2, 0) is 16.0 Å². The minimum Gasteiger partial charge on any atom is -0.479 e. The monoisotopic (exact) mass is 499 g/mol. The highest BCUT2D eigenvalue weighted by molar-refractivity contribution is 6.40. The second-order valence-electron chi connectivity index (χ2n) is 8.56. The summed E-state index contributed by atoms with van der Waals surface area (Å²) >= 11 is 12.1. The van der Waals surface area contributed by atoms with Gasteiger partial charge in [0.15, 0.2) is 5.78 Å². The number of carboxylic acid groups (broad SMARTS) is 1. The molecule has 0 saturated heterocycles. The first kappa shape index (κ1) is 24.0. The highest BCUT2D eigenvalue weighted by Gasteiger charge is 2.51. The Balaban J connectivity index is 1.50. The molecule has 1 aromatic heterocycles. The summed E-state index contributed by atoms with van der Waals surface area (Å²) in [4.78, 5) is 41.1. The molecule has 0 radical (unpaired) electrons. The molecule has 4 rings (SSSR count). The largest absolute Gasteiger partial charge is 0.479 e. The number of pyridine rings is 1. The molecule has 9 heteroatoms. The molecule has 0 aliphatic heterocycles. The average molecular weight is 500 g/mol. The van der Waals surface area contributed by atoms with Crippen molar-refractivity contribution in [2.24, 2.45) is 5.41 Å². The van der Waals surface area contributed by atoms with Gasteiger partial charge in [-0.1, -0.05) is 54.4 Å². The van der Waals surface area contributed by atoms with E-state index in [9.17, 15) is 19.5 Å². The van der Waals surface area contributed by atoms with Crippen LogP contribution in [0.15, 0.2) is 60.6 Å². The smallest absolute Gasteiger partial charge is 0.329 e. The average Bonchev–Trinajstić information content (AvgIpc) is 3.33. The third kappa shape index (κ3) is 4.21. The van der Waals surface area contributed by atoms with Gasteiger partial charge in [0.2, 0.25) is 0 Å². The van der Waals surface area contributed by atoms with Gasteiger partial charge in [-0.2, -0.15) is 0 Å². The first-order valence-electron chi connectivity index (χ1n) is 10.8. The third-order valence-corrected chi connectivity index (χ3v) is 7.12. The molecule has 0 bridgehead atoms. The number of rotatable bonds is 8. The van der Waals surface area contributed by atoms with Gasteiger partial charge in [0.25, 0.3) is 5.91 Å². The number of nitrogens with one attached hydrogen (secondary N) is 2. The van der Waals surface area contributed by atoms with E-state index in [-0.39, 0.29) is 27.8 Å². The number of hydrogen-bond donors (Lipinski definition) is 3. The molecular formula is C25H23Cl2N3O4. The van der Waals surface area contributed by atoms with Crippen LogP contribution in [0.25, 0.3) is 0 Å². The molecule has 3 N–H and O–H groups in total. The van der Waals surface area contributed by atoms with Gasteiger partial charge in [-0.15, -0.1) is 0 Å². The maximum Gasteiger partial charge on any atom is 0.329 e. The maximum atomic E-state index is 12.6. The standard InChI is InChI=1S/C25H23Cl2N3O4/c1-2-25(23(33)34,30-19-11-20(31)24(19)9-3-4-10-24)12-15-5-7-16(8-6-15)29-22(32)21-17(26)13-28-14-18(21)27/h3-8,11,13-14,30H,2,9-10,12H2,1H3,(H,29,32)(H,33,34)/t25-/m0/s1. The van der Waals surface area contributed by atoms with Crippen molar-refractivity contribution in [2.45, 2.75) is 38.1 Å². The SMILES string of the molecule is CC[C@@](Cc1ccc(NC(=O)c2c(Cl)cncc2Cl)cc1)(NC1=CC(=O)C12CC=CC2)C(=O)O. The number of nitrogens with zero attached hydrogens (tertiary/aromatic N) is 1. The fourth-order valence-corrected chi connectivity index (χ4v) is 4.90. The summed E-state index contributed by atoms with van der Waals surface area (Å²) in [5.41, 5.74) is 0.165. The number of carboxylic acids is 1. The molecule has 2 aliphatic rings. The Morgan fingerprint density at radius 2 is 1.74 bits per heavy atom. The summed E-state index contributed by atoms with van der Waals surface area (Å²) < 4.78 is 0. The normalized spacial score (nSPS) is 17.6. The van der Waals surface area contributed by atoms with Crippen LogP contribution in [0.1, 0.15) is 42.1 Å². The molecule has 2 aromatic rings. The van der Waals surface area contributed by atoms with E-state index in [4.69, 9.17) is 23.2 Å². The first-order chi connectivity index (χ1) is 16.2. The van der Waals surface area contributed by atoms with Gasteiger partial charge in [-0.25, -0.2) is 4.79 Å². The lowest BCUT2D eigenvalue weighted by atomic mass is 9.68. The van der Waals surface area contributed by atoms with Gasteiger partial charge < -0.3 is 15.7 Å². The number of hydrogen-bond acceptors (Lipinski definition) is 5. The van der Waals surface area contributed by atoms with Crippen molar-refractivity contribution in [1.82, 2.24) is 10.3 Å².